The van der Waals surface area contributed by atoms with Gasteiger partial charge in [0.25, 0.3) is 0 Å². The van der Waals surface area contributed by atoms with E-state index in [9.17, 15) is 15.3 Å². The zero-order chi connectivity index (χ0) is 11.2. The summed E-state index contributed by atoms with van der Waals surface area (Å²) in [6.45, 7) is 3.84. The van der Waals surface area contributed by atoms with Gasteiger partial charge in [0.1, 0.15) is 30.5 Å². The lowest BCUT2D eigenvalue weighted by molar-refractivity contribution is 0.00450. The summed E-state index contributed by atoms with van der Waals surface area (Å²) in [5.74, 6) is 0. The summed E-state index contributed by atoms with van der Waals surface area (Å²) >= 11 is 0. The smallest absolute Gasteiger partial charge is 0.117 e. The summed E-state index contributed by atoms with van der Waals surface area (Å²) in [4.78, 5) is 0. The molecule has 2 rings (SSSR count). The van der Waals surface area contributed by atoms with Crippen LogP contribution < -0.4 is 0 Å². The maximum Gasteiger partial charge on any atom is 0.117 e. The van der Waals surface area contributed by atoms with Crippen molar-refractivity contribution in [2.24, 2.45) is 0 Å². The predicted molar refractivity (Wildman–Crippen MR) is 54.2 cm³/mol. The first-order chi connectivity index (χ1) is 7.02. The third-order valence-corrected chi connectivity index (χ3v) is 2.82. The topological polar surface area (TPSA) is 73.2 Å². The molecule has 1 aliphatic carbocycles. The van der Waals surface area contributed by atoms with E-state index >= 15 is 0 Å². The number of hydrogen-bond acceptors (Lipinski definition) is 4. The van der Waals surface area contributed by atoms with Gasteiger partial charge in [-0.15, -0.1) is 0 Å². The van der Waals surface area contributed by atoms with Crippen molar-refractivity contribution < 1.29 is 20.1 Å². The van der Waals surface area contributed by atoms with Crippen molar-refractivity contribution in [1.29, 1.82) is 0 Å². The highest BCUT2D eigenvalue weighted by molar-refractivity contribution is 5.30. The lowest BCUT2D eigenvalue weighted by atomic mass is 9.87. The van der Waals surface area contributed by atoms with Crippen LogP contribution >= 0.6 is 0 Å². The van der Waals surface area contributed by atoms with E-state index in [0.717, 1.165) is 5.57 Å². The standard InChI is InChI=1S/C11H16O4/c1-5(2)3-4-6-7(12)9(14)11-10(15-11)8(6)13/h3-4,7-14H,1-2H3/b6-4+/t7-,8+,9+,10-,11+/m1/s1. The first-order valence-electron chi connectivity index (χ1n) is 5.07. The third kappa shape index (κ3) is 1.86. The van der Waals surface area contributed by atoms with Crippen LogP contribution in [0.5, 0.6) is 0 Å². The molecule has 0 amide bonds. The SMILES string of the molecule is CC(C)=C/C=C1\[C@@H](O)[C@H](O)[C@@H]2O[C@@H]2[C@H]1O. The second-order valence-corrected chi connectivity index (χ2v) is 4.36. The quantitative estimate of drug-likeness (QED) is 0.524. The first-order valence-corrected chi connectivity index (χ1v) is 5.07. The molecular weight excluding hydrogens is 196 g/mol. The highest BCUT2D eigenvalue weighted by Gasteiger charge is 2.57. The van der Waals surface area contributed by atoms with Crippen LogP contribution in [-0.2, 0) is 4.74 Å². The van der Waals surface area contributed by atoms with E-state index in [-0.39, 0.29) is 6.10 Å². The van der Waals surface area contributed by atoms with Crippen molar-refractivity contribution in [2.45, 2.75) is 44.4 Å². The minimum Gasteiger partial charge on any atom is -0.387 e. The molecule has 0 aromatic carbocycles. The van der Waals surface area contributed by atoms with Crippen LogP contribution in [0.2, 0.25) is 0 Å². The molecule has 0 radical (unpaired) electrons. The largest absolute Gasteiger partial charge is 0.387 e. The van der Waals surface area contributed by atoms with Gasteiger partial charge in [-0.2, -0.15) is 0 Å². The zero-order valence-electron chi connectivity index (χ0n) is 8.79. The predicted octanol–water partition coefficient (Wildman–Crippen LogP) is -0.257. The van der Waals surface area contributed by atoms with Crippen molar-refractivity contribution in [1.82, 2.24) is 0 Å². The number of epoxide rings is 1. The Kier molecular flexibility index (Phi) is 2.68. The fraction of sp³-hybridized carbons (Fsp3) is 0.636. The van der Waals surface area contributed by atoms with Crippen LogP contribution in [-0.4, -0.2) is 45.8 Å². The van der Waals surface area contributed by atoms with Crippen LogP contribution in [0.15, 0.2) is 23.3 Å². The summed E-state index contributed by atoms with van der Waals surface area (Å²) in [6.07, 6.45) is -0.0409. The summed E-state index contributed by atoms with van der Waals surface area (Å²) < 4.78 is 5.09. The van der Waals surface area contributed by atoms with E-state index in [2.05, 4.69) is 0 Å². The molecule has 15 heavy (non-hydrogen) atoms. The highest BCUT2D eigenvalue weighted by atomic mass is 16.6. The second kappa shape index (κ2) is 3.72. The number of aliphatic hydroxyl groups excluding tert-OH is 3. The number of hydrogen-bond donors (Lipinski definition) is 3. The number of ether oxygens (including phenoxy) is 1. The Labute approximate surface area is 88.5 Å². The fourth-order valence-electron chi connectivity index (χ4n) is 1.87. The lowest BCUT2D eigenvalue weighted by Crippen LogP contribution is -2.44. The fourth-order valence-corrected chi connectivity index (χ4v) is 1.87. The molecule has 0 aromatic rings. The molecule has 4 heteroatoms. The maximum atomic E-state index is 9.79. The molecule has 2 aliphatic rings. The molecule has 1 aliphatic heterocycles. The Hall–Kier alpha value is -0.680. The van der Waals surface area contributed by atoms with Crippen molar-refractivity contribution >= 4 is 0 Å². The van der Waals surface area contributed by atoms with Gasteiger partial charge in [0.15, 0.2) is 0 Å². The van der Waals surface area contributed by atoms with Crippen LogP contribution in [0.4, 0.5) is 0 Å². The normalized spacial score (nSPS) is 46.2. The average molecular weight is 212 g/mol. The molecule has 0 aromatic heterocycles. The Morgan fingerprint density at radius 1 is 1.13 bits per heavy atom. The first kappa shape index (κ1) is 10.8. The molecule has 5 atom stereocenters. The lowest BCUT2D eigenvalue weighted by Gasteiger charge is -2.26. The summed E-state index contributed by atoms with van der Waals surface area (Å²) in [5.41, 5.74) is 1.50. The maximum absolute atomic E-state index is 9.79. The van der Waals surface area contributed by atoms with E-state index in [1.165, 1.54) is 0 Å². The van der Waals surface area contributed by atoms with Crippen molar-refractivity contribution in [2.75, 3.05) is 0 Å². The van der Waals surface area contributed by atoms with Crippen LogP contribution in [0.1, 0.15) is 13.8 Å². The van der Waals surface area contributed by atoms with Gasteiger partial charge < -0.3 is 20.1 Å². The monoisotopic (exact) mass is 212 g/mol. The van der Waals surface area contributed by atoms with E-state index in [1.807, 2.05) is 13.8 Å². The van der Waals surface area contributed by atoms with Gasteiger partial charge in [0.2, 0.25) is 0 Å². The molecule has 1 saturated carbocycles. The van der Waals surface area contributed by atoms with Crippen molar-refractivity contribution in [3.63, 3.8) is 0 Å². The average Bonchev–Trinajstić information content (AvgIpc) is 2.94. The van der Waals surface area contributed by atoms with Gasteiger partial charge in [-0.05, 0) is 19.4 Å². The van der Waals surface area contributed by atoms with E-state index in [0.29, 0.717) is 5.57 Å². The zero-order valence-corrected chi connectivity index (χ0v) is 8.79. The molecule has 0 bridgehead atoms. The molecule has 84 valence electrons. The molecule has 0 spiro atoms. The van der Waals surface area contributed by atoms with Crippen LogP contribution in [0.3, 0.4) is 0 Å². The van der Waals surface area contributed by atoms with Gasteiger partial charge in [-0.1, -0.05) is 17.7 Å². The molecule has 2 fully saturated rings. The van der Waals surface area contributed by atoms with E-state index in [4.69, 9.17) is 4.74 Å². The van der Waals surface area contributed by atoms with E-state index in [1.54, 1.807) is 12.2 Å². The minimum atomic E-state index is -1.03. The highest BCUT2D eigenvalue weighted by Crippen LogP contribution is 2.39. The molecular formula is C11H16O4. The van der Waals surface area contributed by atoms with Crippen molar-refractivity contribution in [3.05, 3.63) is 23.3 Å². The van der Waals surface area contributed by atoms with Gasteiger partial charge in [-0.3, -0.25) is 0 Å². The van der Waals surface area contributed by atoms with Crippen LogP contribution in [0.25, 0.3) is 0 Å². The molecule has 3 N–H and O–H groups in total. The van der Waals surface area contributed by atoms with Gasteiger partial charge in [0.05, 0.1) is 0 Å². The molecule has 1 saturated heterocycles. The molecule has 0 unspecified atom stereocenters. The summed E-state index contributed by atoms with van der Waals surface area (Å²) in [6, 6.07) is 0. The Balaban J connectivity index is 2.21. The number of allylic oxidation sites excluding steroid dienone is 3. The van der Waals surface area contributed by atoms with Crippen molar-refractivity contribution in [3.8, 4) is 0 Å². The Morgan fingerprint density at radius 2 is 1.80 bits per heavy atom. The minimum absolute atomic E-state index is 0.347. The Morgan fingerprint density at radius 3 is 2.40 bits per heavy atom. The third-order valence-electron chi connectivity index (χ3n) is 2.82. The van der Waals surface area contributed by atoms with Gasteiger partial charge in [0, 0.05) is 0 Å². The summed E-state index contributed by atoms with van der Waals surface area (Å²) in [7, 11) is 0. The van der Waals surface area contributed by atoms with E-state index < -0.39 is 24.4 Å². The number of aliphatic hydroxyl groups is 3. The summed E-state index contributed by atoms with van der Waals surface area (Å²) in [5, 5.41) is 29.1. The second-order valence-electron chi connectivity index (χ2n) is 4.36. The van der Waals surface area contributed by atoms with Gasteiger partial charge in [-0.25, -0.2) is 0 Å². The molecule has 1 heterocycles. The Bertz CT molecular complexity index is 317. The number of rotatable bonds is 1. The van der Waals surface area contributed by atoms with Gasteiger partial charge >= 0.3 is 0 Å². The number of fused-ring (bicyclic) bond motifs is 1. The van der Waals surface area contributed by atoms with Crippen LogP contribution in [0, 0.1) is 0 Å². The molecule has 4 nitrogen and oxygen atoms in total.